The Bertz CT molecular complexity index is 61.2. The summed E-state index contributed by atoms with van der Waals surface area (Å²) in [4.78, 5) is 8.65. The molecule has 4 heteroatoms. The van der Waals surface area contributed by atoms with Crippen LogP contribution in [0, 0.1) is 0 Å². The number of rotatable bonds is 1. The van der Waals surface area contributed by atoms with E-state index in [2.05, 4.69) is 14.5 Å². The molecule has 0 atom stereocenters. The van der Waals surface area contributed by atoms with Crippen LogP contribution in [0.2, 0.25) is 0 Å². The molecular weight excluding hydrogens is 175 g/mol. The van der Waals surface area contributed by atoms with E-state index in [4.69, 9.17) is 0 Å². The first kappa shape index (κ1) is 7.76. The van der Waals surface area contributed by atoms with E-state index in [1.165, 1.54) is 7.11 Å². The second-order valence-electron chi connectivity index (χ2n) is 1.23. The molecule has 3 nitrogen and oxygen atoms in total. The Kier molecular flexibility index (Phi) is 2.61. The molecule has 0 amide bonds. The summed E-state index contributed by atoms with van der Waals surface area (Å²) in [6.07, 6.45) is 0. The Morgan fingerprint density at radius 3 is 1.86 bits per heavy atom. The molecule has 0 aromatic rings. The van der Waals surface area contributed by atoms with Crippen molar-refractivity contribution in [1.82, 2.24) is 0 Å². The quantitative estimate of drug-likeness (QED) is 0.430. The van der Waals surface area contributed by atoms with Gasteiger partial charge in [-0.25, -0.2) is 0 Å². The number of methoxy groups -OCH3 is 1. The monoisotopic (exact) mass is 180 g/mol. The van der Waals surface area contributed by atoms with E-state index >= 15 is 0 Å². The molecule has 1 saturated heterocycles. The number of hydrogen-bond donors (Lipinski definition) is 0. The third-order valence-electron chi connectivity index (χ3n) is 0.689. The van der Waals surface area contributed by atoms with Crippen molar-refractivity contribution in [2.45, 2.75) is 12.9 Å². The van der Waals surface area contributed by atoms with Gasteiger partial charge in [0.05, 0.1) is 0 Å². The van der Waals surface area contributed by atoms with Crippen LogP contribution in [-0.2, 0) is 40.7 Å². The summed E-state index contributed by atoms with van der Waals surface area (Å²) >= 11 is 0. The second-order valence-corrected chi connectivity index (χ2v) is 1.23. The van der Waals surface area contributed by atoms with E-state index < -0.39 is 5.97 Å². The fraction of sp³-hybridized carbons (Fsp3) is 1.00. The Labute approximate surface area is 61.0 Å². The fourth-order valence-electron chi connectivity index (χ4n) is 0.127. The van der Waals surface area contributed by atoms with E-state index in [9.17, 15) is 0 Å². The van der Waals surface area contributed by atoms with Gasteiger partial charge in [-0.05, 0) is 0 Å². The maximum atomic E-state index is 4.60. The van der Waals surface area contributed by atoms with E-state index in [-0.39, 0.29) is 26.2 Å². The summed E-state index contributed by atoms with van der Waals surface area (Å²) in [5.74, 6) is -0.708. The Balaban J connectivity index is 0.000000360. The van der Waals surface area contributed by atoms with E-state index in [1.54, 1.807) is 6.92 Å². The molecule has 0 N–H and O–H groups in total. The first-order valence-corrected chi connectivity index (χ1v) is 1.69. The van der Waals surface area contributed by atoms with Crippen molar-refractivity contribution >= 4 is 0 Å². The van der Waals surface area contributed by atoms with E-state index in [0.29, 0.717) is 0 Å². The van der Waals surface area contributed by atoms with Crippen molar-refractivity contribution < 1.29 is 40.7 Å². The Morgan fingerprint density at radius 1 is 1.43 bits per heavy atom. The van der Waals surface area contributed by atoms with Crippen molar-refractivity contribution in [3.63, 3.8) is 0 Å². The molecule has 0 spiro atoms. The molecule has 1 fully saturated rings. The summed E-state index contributed by atoms with van der Waals surface area (Å²) in [7, 11) is 1.52. The smallest absolute Gasteiger partial charge is 0.327 e. The first-order chi connectivity index (χ1) is 2.77. The molecule has 0 unspecified atom stereocenters. The predicted octanol–water partition coefficient (Wildman–Crippen LogP) is 0.266. The van der Waals surface area contributed by atoms with Gasteiger partial charge in [0.2, 0.25) is 0 Å². The van der Waals surface area contributed by atoms with Crippen LogP contribution < -0.4 is 0 Å². The first-order valence-electron chi connectivity index (χ1n) is 1.69. The summed E-state index contributed by atoms with van der Waals surface area (Å²) in [6.45, 7) is 1.69. The molecular formula is C3H6O3Zr. The largest absolute Gasteiger partial charge is 0.337 e. The molecule has 1 aliphatic rings. The third-order valence-corrected chi connectivity index (χ3v) is 0.689. The Hall–Kier alpha value is 0.763. The van der Waals surface area contributed by atoms with Gasteiger partial charge in [0.25, 0.3) is 0 Å². The molecule has 0 radical (unpaired) electrons. The molecule has 0 aromatic carbocycles. The van der Waals surface area contributed by atoms with Gasteiger partial charge in [-0.3, -0.25) is 0 Å². The minimum absolute atomic E-state index is 0. The van der Waals surface area contributed by atoms with Crippen LogP contribution in [-0.4, -0.2) is 13.1 Å². The van der Waals surface area contributed by atoms with Crippen molar-refractivity contribution in [2.24, 2.45) is 0 Å². The van der Waals surface area contributed by atoms with Gasteiger partial charge in [0.1, 0.15) is 0 Å². The summed E-state index contributed by atoms with van der Waals surface area (Å²) < 4.78 is 4.60. The average Bonchev–Trinajstić information content (AvgIpc) is 2.22. The fourth-order valence-corrected chi connectivity index (χ4v) is 0.127. The van der Waals surface area contributed by atoms with Crippen molar-refractivity contribution in [2.75, 3.05) is 7.11 Å². The minimum Gasteiger partial charge on any atom is -0.327 e. The second kappa shape index (κ2) is 2.36. The topological polar surface area (TPSA) is 34.3 Å². The van der Waals surface area contributed by atoms with Crippen molar-refractivity contribution in [1.29, 1.82) is 0 Å². The molecule has 0 saturated carbocycles. The SMILES string of the molecule is COC1(C)OO1.[Zr]. The van der Waals surface area contributed by atoms with Crippen LogP contribution in [0.15, 0.2) is 0 Å². The van der Waals surface area contributed by atoms with Gasteiger partial charge in [0, 0.05) is 40.2 Å². The molecule has 1 heterocycles. The van der Waals surface area contributed by atoms with Gasteiger partial charge in [-0.1, -0.05) is 0 Å². The summed E-state index contributed by atoms with van der Waals surface area (Å²) in [6, 6.07) is 0. The minimum atomic E-state index is -0.708. The zero-order valence-corrected chi connectivity index (χ0v) is 6.68. The standard InChI is InChI=1S/C3H6O3.Zr/c1-3(4-2)5-6-3;/h1-2H3;. The zero-order chi connectivity index (χ0) is 4.62. The van der Waals surface area contributed by atoms with Crippen LogP contribution >= 0.6 is 0 Å². The predicted molar refractivity (Wildman–Crippen MR) is 17.6 cm³/mol. The molecule has 7 heavy (non-hydrogen) atoms. The third kappa shape index (κ3) is 2.00. The molecule has 0 bridgehead atoms. The van der Waals surface area contributed by atoms with E-state index in [1.807, 2.05) is 0 Å². The summed E-state index contributed by atoms with van der Waals surface area (Å²) in [5, 5.41) is 0. The van der Waals surface area contributed by atoms with Gasteiger partial charge >= 0.3 is 5.97 Å². The molecule has 0 aromatic heterocycles. The molecule has 1 rings (SSSR count). The van der Waals surface area contributed by atoms with Crippen LogP contribution in [0.5, 0.6) is 0 Å². The van der Waals surface area contributed by atoms with Crippen LogP contribution in [0.3, 0.4) is 0 Å². The average molecular weight is 181 g/mol. The van der Waals surface area contributed by atoms with Gasteiger partial charge < -0.3 is 4.74 Å². The zero-order valence-electron chi connectivity index (χ0n) is 4.22. The van der Waals surface area contributed by atoms with E-state index in [0.717, 1.165) is 0 Å². The van der Waals surface area contributed by atoms with Crippen molar-refractivity contribution in [3.05, 3.63) is 0 Å². The normalized spacial score (nSPS) is 23.1. The van der Waals surface area contributed by atoms with Crippen LogP contribution in [0.25, 0.3) is 0 Å². The van der Waals surface area contributed by atoms with Crippen molar-refractivity contribution in [3.8, 4) is 0 Å². The van der Waals surface area contributed by atoms with Crippen LogP contribution in [0.1, 0.15) is 6.92 Å². The Morgan fingerprint density at radius 2 is 1.86 bits per heavy atom. The number of ether oxygens (including phenoxy) is 1. The molecule has 1 aliphatic heterocycles. The molecule has 40 valence electrons. The number of hydrogen-bond acceptors (Lipinski definition) is 3. The molecule has 0 aliphatic carbocycles. The maximum Gasteiger partial charge on any atom is 0.337 e. The van der Waals surface area contributed by atoms with Crippen LogP contribution in [0.4, 0.5) is 0 Å². The van der Waals surface area contributed by atoms with Gasteiger partial charge in [-0.15, -0.1) is 0 Å². The summed E-state index contributed by atoms with van der Waals surface area (Å²) in [5.41, 5.74) is 0. The maximum absolute atomic E-state index is 4.60. The van der Waals surface area contributed by atoms with Gasteiger partial charge in [0.15, 0.2) is 0 Å². The van der Waals surface area contributed by atoms with Gasteiger partial charge in [-0.2, -0.15) is 9.78 Å².